The Morgan fingerprint density at radius 2 is 0.312 bits per heavy atom. The molecule has 0 saturated carbocycles. The molecular formula is C62H42O14P2Rh2. The summed E-state index contributed by atoms with van der Waals surface area (Å²) in [6.07, 6.45) is 0. The fraction of sp³-hybridized carbons (Fsp3) is 0. The number of hydrogen-bond donors (Lipinski definition) is 0. The molecule has 402 valence electrons. The van der Waals surface area contributed by atoms with E-state index in [0.29, 0.717) is 0 Å². The van der Waals surface area contributed by atoms with Crippen LogP contribution in [-0.2, 0) is 48.5 Å². The Morgan fingerprint density at radius 3 is 0.412 bits per heavy atom. The zero-order chi connectivity index (χ0) is 57.2. The summed E-state index contributed by atoms with van der Waals surface area (Å²) in [6, 6.07) is 80.1. The first-order valence-electron chi connectivity index (χ1n) is 22.6. The third kappa shape index (κ3) is 22.3. The molecule has 0 unspecified atom stereocenters. The van der Waals surface area contributed by atoms with Crippen molar-refractivity contribution in [3.8, 4) is 0 Å². The molecule has 0 fully saturated rings. The molecule has 9 aromatic rings. The zero-order valence-corrected chi connectivity index (χ0v) is 46.6. The zero-order valence-electron chi connectivity index (χ0n) is 41.5. The van der Waals surface area contributed by atoms with Crippen molar-refractivity contribution in [2.24, 2.45) is 0 Å². The van der Waals surface area contributed by atoms with Crippen molar-refractivity contribution in [2.45, 2.75) is 0 Å². The van der Waals surface area contributed by atoms with Gasteiger partial charge in [0.05, 0.1) is 35.8 Å². The van der Waals surface area contributed by atoms with Crippen LogP contribution in [0.4, 0.5) is 0 Å². The predicted molar refractivity (Wildman–Crippen MR) is 287 cm³/mol. The van der Waals surface area contributed by atoms with Crippen molar-refractivity contribution in [2.75, 3.05) is 0 Å². The first-order chi connectivity index (χ1) is 37.8. The van der Waals surface area contributed by atoms with Crippen LogP contribution in [0.15, 0.2) is 255 Å². The smallest absolute Gasteiger partial charge is 0.545 e. The predicted octanol–water partition coefficient (Wildman–Crippen LogP) is 1.33. The van der Waals surface area contributed by atoms with Gasteiger partial charge >= 0.3 is 39.0 Å². The molecule has 18 heteroatoms. The Kier molecular flexibility index (Phi) is 33.5. The average Bonchev–Trinajstić information content (AvgIpc) is 3.48. The van der Waals surface area contributed by atoms with E-state index in [9.17, 15) is 59.4 Å². The Hall–Kier alpha value is -8.75. The van der Waals surface area contributed by atoms with E-state index in [1.54, 1.807) is 0 Å². The molecule has 0 atom stereocenters. The number of hydrogen-bond acceptors (Lipinski definition) is 14. The maximum absolute atomic E-state index is 10.3. The number of rotatable bonds is 12. The van der Waals surface area contributed by atoms with E-state index in [1.165, 1.54) is 68.2 Å². The second-order valence-corrected chi connectivity index (χ2v) is 19.5. The summed E-state index contributed by atoms with van der Waals surface area (Å²) >= 11 is 0. The number of carboxylic acid groups (broad SMARTS) is 6. The van der Waals surface area contributed by atoms with E-state index in [4.69, 9.17) is 9.59 Å². The second-order valence-electron chi connectivity index (χ2n) is 15.0. The van der Waals surface area contributed by atoms with Crippen molar-refractivity contribution >= 4 is 97.1 Å². The molecule has 0 bridgehead atoms. The van der Waals surface area contributed by atoms with Crippen LogP contribution < -0.4 is 62.5 Å². The van der Waals surface area contributed by atoms with Crippen LogP contribution in [0.5, 0.6) is 0 Å². The van der Waals surface area contributed by atoms with Gasteiger partial charge in [-0.15, -0.1) is 0 Å². The third-order valence-corrected chi connectivity index (χ3v) is 15.1. The van der Waals surface area contributed by atoms with Crippen molar-refractivity contribution < 1.29 is 108 Å². The van der Waals surface area contributed by atoms with Crippen LogP contribution in [0.2, 0.25) is 0 Å². The van der Waals surface area contributed by atoms with E-state index >= 15 is 0 Å². The van der Waals surface area contributed by atoms with Crippen molar-refractivity contribution in [3.05, 3.63) is 288 Å². The summed E-state index contributed by atoms with van der Waals surface area (Å²) in [6.45, 7) is 9.00. The maximum atomic E-state index is 10.3. The van der Waals surface area contributed by atoms with Crippen molar-refractivity contribution in [1.82, 2.24) is 0 Å². The Morgan fingerprint density at radius 1 is 0.212 bits per heavy atom. The molecule has 4 radical (unpaired) electrons. The Labute approximate surface area is 490 Å². The normalized spacial score (nSPS) is 9.32. The fourth-order valence-corrected chi connectivity index (χ4v) is 11.5. The fourth-order valence-electron chi connectivity index (χ4n) is 6.87. The molecule has 0 aliphatic carbocycles. The average molecular weight is 1280 g/mol. The van der Waals surface area contributed by atoms with Gasteiger partial charge in [0.15, 0.2) is 0 Å². The van der Waals surface area contributed by atoms with Gasteiger partial charge in [-0.1, -0.05) is 255 Å². The van der Waals surface area contributed by atoms with Crippen molar-refractivity contribution in [1.29, 1.82) is 0 Å². The summed E-state index contributed by atoms with van der Waals surface area (Å²) in [5.74, 6) is -9.11. The van der Waals surface area contributed by atoms with E-state index in [0.717, 1.165) is 36.4 Å². The molecule has 0 amide bonds. The molecule has 0 spiro atoms. The number of benzene rings is 9. The van der Waals surface area contributed by atoms with Crippen LogP contribution in [0, 0.1) is 0 Å². The van der Waals surface area contributed by atoms with Crippen LogP contribution in [0.25, 0.3) is 0 Å². The monoisotopic (exact) mass is 1280 g/mol. The number of carboxylic acids is 6. The van der Waals surface area contributed by atoms with Gasteiger partial charge in [-0.25, -0.2) is 0 Å². The summed E-state index contributed by atoms with van der Waals surface area (Å²) in [5.41, 5.74) is -2.18. The molecule has 0 N–H and O–H groups in total. The number of carbonyl (C=O) groups is 6. The molecule has 0 aliphatic rings. The quantitative estimate of drug-likeness (QED) is 0.123. The summed E-state index contributed by atoms with van der Waals surface area (Å²) < 4.78 is 0. The van der Waals surface area contributed by atoms with Gasteiger partial charge in [0, 0.05) is 33.4 Å². The van der Waals surface area contributed by atoms with Crippen LogP contribution >= 0.6 is 15.8 Å². The van der Waals surface area contributed by atoms with Crippen LogP contribution in [0.3, 0.4) is 0 Å². The molecule has 14 nitrogen and oxygen atoms in total. The summed E-state index contributed by atoms with van der Waals surface area (Å²) in [7, 11) is -0.892. The molecule has 0 aliphatic heterocycles. The minimum Gasteiger partial charge on any atom is -0.545 e. The molecule has 80 heavy (non-hydrogen) atoms. The van der Waals surface area contributed by atoms with Gasteiger partial charge in [-0.2, -0.15) is 0 Å². The second kappa shape index (κ2) is 38.7. The summed E-state index contributed by atoms with van der Waals surface area (Å²) in [5, 5.41) is 70.3. The van der Waals surface area contributed by atoms with E-state index < -0.39 is 51.7 Å². The van der Waals surface area contributed by atoms with Gasteiger partial charge in [0.25, 0.3) is 13.6 Å². The molecule has 0 heterocycles. The Balaban J connectivity index is 0.000000497. The van der Waals surface area contributed by atoms with E-state index in [1.807, 2.05) is 0 Å². The van der Waals surface area contributed by atoms with Crippen LogP contribution in [0.1, 0.15) is 62.1 Å². The SMILES string of the molecule is O=C([O-])c1ccccc1C(=O)[O-].O=C([O-])c1ccccc1C(=O)[O-].O=C([O-])c1ccccc1C(=O)[O-].[C]=O.[C]=O.[Rh+3].[Rh+3].c1ccc(P(c2ccccc2)c2ccccc2)cc1.c1ccc(P(c2ccccc2)c2ccccc2)cc1. The van der Waals surface area contributed by atoms with Gasteiger partial charge in [-0.05, 0) is 47.7 Å². The van der Waals surface area contributed by atoms with Gasteiger partial charge < -0.3 is 59.4 Å². The van der Waals surface area contributed by atoms with E-state index in [2.05, 4.69) is 196 Å². The first kappa shape index (κ1) is 69.3. The van der Waals surface area contributed by atoms with Gasteiger partial charge in [-0.3, -0.25) is 9.59 Å². The number of carbonyl (C=O) groups excluding carboxylic acids is 8. The standard InChI is InChI=1S/2C18H15P.3C8H6O4.2CO.2Rh/c2*1-4-10-16(11-5-1)19(17-12-6-2-7-13-17)18-14-8-3-9-15-18;3*9-7(10)5-3-1-2-4-6(5)8(11)12;2*1-2;;/h2*1-15H;3*1-4H,(H,9,10)(H,11,12);;;;/q;;;;;;;2*+3/p-6. The minimum atomic E-state index is -1.52. The Bertz CT molecular complexity index is 2720. The van der Waals surface area contributed by atoms with Crippen molar-refractivity contribution in [3.63, 3.8) is 0 Å². The molecule has 0 aromatic heterocycles. The van der Waals surface area contributed by atoms with Crippen LogP contribution in [-0.4, -0.2) is 49.4 Å². The van der Waals surface area contributed by atoms with Gasteiger partial charge in [0.2, 0.25) is 0 Å². The molecule has 0 saturated heterocycles. The van der Waals surface area contributed by atoms with Gasteiger partial charge in [0.1, 0.15) is 0 Å². The molecular weight excluding hydrogens is 1240 g/mol. The number of aromatic carboxylic acids is 6. The topological polar surface area (TPSA) is 275 Å². The largest absolute Gasteiger partial charge is 3.00 e. The minimum absolute atomic E-state index is 0. The maximum Gasteiger partial charge on any atom is 3.00 e. The summed E-state index contributed by atoms with van der Waals surface area (Å²) in [4.78, 5) is 76.9. The third-order valence-electron chi connectivity index (χ3n) is 10.2. The van der Waals surface area contributed by atoms with E-state index in [-0.39, 0.29) is 72.3 Å². The molecule has 9 rings (SSSR count). The first-order valence-corrected chi connectivity index (χ1v) is 25.3. The molecule has 9 aromatic carbocycles.